The fraction of sp³-hybridized carbons (Fsp3) is 0.571. The van der Waals surface area contributed by atoms with E-state index < -0.39 is 6.04 Å². The molecule has 0 unspecified atom stereocenters. The van der Waals surface area contributed by atoms with Crippen LogP contribution in [0.5, 0.6) is 0 Å². The molecule has 5 nitrogen and oxygen atoms in total. The van der Waals surface area contributed by atoms with Crippen molar-refractivity contribution in [3.63, 3.8) is 0 Å². The zero-order chi connectivity index (χ0) is 16.0. The molecular formula is C14H22ClN3O2S. The number of nitrogens with one attached hydrogen (secondary N) is 3. The van der Waals surface area contributed by atoms with Crippen molar-refractivity contribution in [1.29, 1.82) is 0 Å². The highest BCUT2D eigenvalue weighted by atomic mass is 35.5. The summed E-state index contributed by atoms with van der Waals surface area (Å²) in [5.74, 6) is -0.189. The van der Waals surface area contributed by atoms with Crippen LogP contribution >= 0.6 is 22.9 Å². The zero-order valence-corrected chi connectivity index (χ0v) is 14.3. The minimum absolute atomic E-state index is 0.0944. The molecule has 1 aromatic rings. The molecule has 21 heavy (non-hydrogen) atoms. The quantitative estimate of drug-likeness (QED) is 0.749. The van der Waals surface area contributed by atoms with E-state index in [4.69, 9.17) is 11.6 Å². The first-order valence-corrected chi connectivity index (χ1v) is 8.15. The van der Waals surface area contributed by atoms with Crippen LogP contribution in [-0.4, -0.2) is 24.0 Å². The Morgan fingerprint density at radius 1 is 1.19 bits per heavy atom. The zero-order valence-electron chi connectivity index (χ0n) is 12.7. The lowest BCUT2D eigenvalue weighted by atomic mass is 10.2. The maximum absolute atomic E-state index is 11.9. The summed E-state index contributed by atoms with van der Waals surface area (Å²) < 4.78 is 0.681. The third-order valence-corrected chi connectivity index (χ3v) is 4.52. The third-order valence-electron chi connectivity index (χ3n) is 3.11. The molecule has 7 heteroatoms. The van der Waals surface area contributed by atoms with E-state index in [9.17, 15) is 9.59 Å². The van der Waals surface area contributed by atoms with E-state index in [2.05, 4.69) is 16.0 Å². The molecule has 3 atom stereocenters. The maximum Gasteiger partial charge on any atom is 0.315 e. The predicted molar refractivity (Wildman–Crippen MR) is 86.8 cm³/mol. The van der Waals surface area contributed by atoms with Crippen molar-refractivity contribution >= 4 is 34.9 Å². The molecule has 0 aliphatic carbocycles. The van der Waals surface area contributed by atoms with E-state index in [1.807, 2.05) is 26.8 Å². The Bertz CT molecular complexity index is 492. The molecule has 0 aromatic carbocycles. The van der Waals surface area contributed by atoms with Gasteiger partial charge in [0.15, 0.2) is 0 Å². The van der Waals surface area contributed by atoms with Crippen molar-refractivity contribution in [2.24, 2.45) is 0 Å². The van der Waals surface area contributed by atoms with Crippen molar-refractivity contribution in [2.45, 2.75) is 52.2 Å². The second kappa shape index (κ2) is 8.24. The van der Waals surface area contributed by atoms with Gasteiger partial charge in [0, 0.05) is 10.9 Å². The van der Waals surface area contributed by atoms with Crippen molar-refractivity contribution in [3.8, 4) is 0 Å². The van der Waals surface area contributed by atoms with Crippen LogP contribution in [0.25, 0.3) is 0 Å². The normalized spacial score (nSPS) is 14.9. The average molecular weight is 332 g/mol. The predicted octanol–water partition coefficient (Wildman–Crippen LogP) is 3.06. The first-order valence-electron chi connectivity index (χ1n) is 6.96. The van der Waals surface area contributed by atoms with Crippen LogP contribution in [0.1, 0.15) is 45.0 Å². The Labute approximate surface area is 134 Å². The van der Waals surface area contributed by atoms with E-state index in [0.29, 0.717) is 4.34 Å². The summed E-state index contributed by atoms with van der Waals surface area (Å²) in [6, 6.07) is 2.64. The Kier molecular flexibility index (Phi) is 6.98. The smallest absolute Gasteiger partial charge is 0.315 e. The monoisotopic (exact) mass is 331 g/mol. The van der Waals surface area contributed by atoms with Gasteiger partial charge in [-0.1, -0.05) is 18.5 Å². The summed E-state index contributed by atoms with van der Waals surface area (Å²) in [7, 11) is 0. The molecule has 1 heterocycles. The lowest BCUT2D eigenvalue weighted by Crippen LogP contribution is -2.50. The van der Waals surface area contributed by atoms with E-state index in [-0.39, 0.29) is 24.0 Å². The summed E-state index contributed by atoms with van der Waals surface area (Å²) >= 11 is 7.28. The van der Waals surface area contributed by atoms with Crippen molar-refractivity contribution in [2.75, 3.05) is 0 Å². The van der Waals surface area contributed by atoms with Gasteiger partial charge in [0.2, 0.25) is 5.91 Å². The summed E-state index contributed by atoms with van der Waals surface area (Å²) in [4.78, 5) is 24.7. The molecule has 0 spiro atoms. The van der Waals surface area contributed by atoms with Gasteiger partial charge >= 0.3 is 6.03 Å². The first kappa shape index (κ1) is 17.8. The van der Waals surface area contributed by atoms with Crippen molar-refractivity contribution in [3.05, 3.63) is 21.3 Å². The van der Waals surface area contributed by atoms with Crippen molar-refractivity contribution < 1.29 is 9.59 Å². The van der Waals surface area contributed by atoms with E-state index >= 15 is 0 Å². The van der Waals surface area contributed by atoms with Crippen LogP contribution in [-0.2, 0) is 4.79 Å². The van der Waals surface area contributed by atoms with Crippen molar-refractivity contribution in [1.82, 2.24) is 16.0 Å². The molecule has 0 fully saturated rings. The summed E-state index contributed by atoms with van der Waals surface area (Å²) in [6.07, 6.45) is 0.848. The summed E-state index contributed by atoms with van der Waals surface area (Å²) in [6.45, 7) is 7.44. The Balaban J connectivity index is 2.44. The number of carbonyl (C=O) groups excluding carboxylic acids is 2. The van der Waals surface area contributed by atoms with E-state index in [1.54, 1.807) is 13.0 Å². The van der Waals surface area contributed by atoms with Crippen LogP contribution in [0.2, 0.25) is 4.34 Å². The molecular weight excluding hydrogens is 310 g/mol. The standard InChI is InChI=1S/C14H22ClN3O2S/c1-5-8(2)16-13(19)10(4)18-14(20)17-9(3)11-6-7-12(15)21-11/h6-10H,5H2,1-4H3,(H,16,19)(H2,17,18,20)/t8-,9+,10-/m0/s1. The molecule has 0 bridgehead atoms. The number of hydrogen-bond donors (Lipinski definition) is 3. The molecule has 1 aromatic heterocycles. The highest BCUT2D eigenvalue weighted by molar-refractivity contribution is 7.16. The van der Waals surface area contributed by atoms with Crippen LogP contribution in [0.15, 0.2) is 12.1 Å². The molecule has 118 valence electrons. The number of thiophene rings is 1. The minimum Gasteiger partial charge on any atom is -0.352 e. The molecule has 1 rings (SSSR count). The average Bonchev–Trinajstić information content (AvgIpc) is 2.84. The van der Waals surface area contributed by atoms with Gasteiger partial charge in [0.1, 0.15) is 6.04 Å². The van der Waals surface area contributed by atoms with E-state index in [1.165, 1.54) is 11.3 Å². The second-order valence-corrected chi connectivity index (χ2v) is 6.77. The van der Waals surface area contributed by atoms with Gasteiger partial charge in [-0.15, -0.1) is 11.3 Å². The van der Waals surface area contributed by atoms with Gasteiger partial charge in [-0.05, 0) is 39.3 Å². The Hall–Kier alpha value is -1.27. The number of carbonyl (C=O) groups is 2. The van der Waals surface area contributed by atoms with Crippen LogP contribution in [0.3, 0.4) is 0 Å². The minimum atomic E-state index is -0.585. The van der Waals surface area contributed by atoms with Gasteiger partial charge in [-0.25, -0.2) is 4.79 Å². The van der Waals surface area contributed by atoms with Gasteiger partial charge in [0.25, 0.3) is 0 Å². The summed E-state index contributed by atoms with van der Waals surface area (Å²) in [5, 5.41) is 8.24. The highest BCUT2D eigenvalue weighted by Crippen LogP contribution is 2.26. The number of rotatable bonds is 6. The largest absolute Gasteiger partial charge is 0.352 e. The molecule has 0 radical (unpaired) electrons. The second-order valence-electron chi connectivity index (χ2n) is 5.02. The van der Waals surface area contributed by atoms with Crippen LogP contribution in [0.4, 0.5) is 4.79 Å². The lowest BCUT2D eigenvalue weighted by Gasteiger charge is -2.19. The van der Waals surface area contributed by atoms with Crippen LogP contribution < -0.4 is 16.0 Å². The maximum atomic E-state index is 11.9. The summed E-state index contributed by atoms with van der Waals surface area (Å²) in [5.41, 5.74) is 0. The molecule has 3 amide bonds. The fourth-order valence-corrected chi connectivity index (χ4v) is 2.67. The van der Waals surface area contributed by atoms with E-state index in [0.717, 1.165) is 11.3 Å². The molecule has 0 aliphatic rings. The van der Waals surface area contributed by atoms with Crippen LogP contribution in [0, 0.1) is 0 Å². The fourth-order valence-electron chi connectivity index (χ4n) is 1.60. The third kappa shape index (κ3) is 5.93. The number of halogens is 1. The first-order chi connectivity index (χ1) is 9.83. The SMILES string of the molecule is CC[C@H](C)NC(=O)[C@H](C)NC(=O)N[C@H](C)c1ccc(Cl)s1. The Morgan fingerprint density at radius 2 is 1.86 bits per heavy atom. The van der Waals surface area contributed by atoms with Gasteiger partial charge in [-0.3, -0.25) is 4.79 Å². The number of urea groups is 1. The topological polar surface area (TPSA) is 70.2 Å². The van der Waals surface area contributed by atoms with Gasteiger partial charge < -0.3 is 16.0 Å². The Morgan fingerprint density at radius 3 is 2.38 bits per heavy atom. The molecule has 0 aliphatic heterocycles. The number of amides is 3. The molecule has 0 saturated heterocycles. The highest BCUT2D eigenvalue weighted by Gasteiger charge is 2.18. The van der Waals surface area contributed by atoms with Gasteiger partial charge in [0.05, 0.1) is 10.4 Å². The molecule has 3 N–H and O–H groups in total. The van der Waals surface area contributed by atoms with Gasteiger partial charge in [-0.2, -0.15) is 0 Å². The molecule has 0 saturated carbocycles. The lowest BCUT2D eigenvalue weighted by molar-refractivity contribution is -0.123. The number of hydrogen-bond acceptors (Lipinski definition) is 3.